The number of carbonyl (C=O) groups excluding carboxylic acids is 1. The lowest BCUT2D eigenvalue weighted by atomic mass is 9.73. The summed E-state index contributed by atoms with van der Waals surface area (Å²) in [6.45, 7) is 4.66. The Bertz CT molecular complexity index is 902. The molecule has 4 nitrogen and oxygen atoms in total. The number of benzene rings is 2. The van der Waals surface area contributed by atoms with Crippen LogP contribution in [0.3, 0.4) is 0 Å². The van der Waals surface area contributed by atoms with Gasteiger partial charge in [-0.2, -0.15) is 0 Å². The molecule has 1 aliphatic rings. The van der Waals surface area contributed by atoms with Crippen molar-refractivity contribution in [2.24, 2.45) is 10.7 Å². The van der Waals surface area contributed by atoms with Gasteiger partial charge in [-0.3, -0.25) is 9.69 Å². The molecule has 0 spiro atoms. The molecule has 2 N–H and O–H groups in total. The number of nitrogens with zero attached hydrogens (tertiary/aromatic N) is 2. The standard InChI is InChI=1S/C21H23F2N3O/c1-13-7-5-6-8-16(13)20(2)17(18(27)26(4)19(24)25-20)14-9-11-15(12-10-14)21(3,22)23/h5-12,17H,1-4H3,(H2,24,25)/t17-,20+/m0/s1. The van der Waals surface area contributed by atoms with E-state index in [4.69, 9.17) is 5.73 Å². The highest BCUT2D eigenvalue weighted by atomic mass is 19.3. The number of likely N-dealkylation sites (N-methyl/N-ethyl adjacent to an activating group) is 1. The van der Waals surface area contributed by atoms with E-state index in [2.05, 4.69) is 4.99 Å². The van der Waals surface area contributed by atoms with Gasteiger partial charge in [-0.25, -0.2) is 13.8 Å². The molecule has 0 aliphatic carbocycles. The van der Waals surface area contributed by atoms with Crippen LogP contribution in [-0.4, -0.2) is 23.8 Å². The third-order valence-electron chi connectivity index (χ3n) is 5.27. The highest BCUT2D eigenvalue weighted by Gasteiger charge is 2.47. The maximum absolute atomic E-state index is 13.6. The predicted molar refractivity (Wildman–Crippen MR) is 102 cm³/mol. The fourth-order valence-electron chi connectivity index (χ4n) is 3.72. The van der Waals surface area contributed by atoms with E-state index < -0.39 is 17.4 Å². The number of carbonyl (C=O) groups is 1. The van der Waals surface area contributed by atoms with Crippen LogP contribution in [0.2, 0.25) is 0 Å². The van der Waals surface area contributed by atoms with Gasteiger partial charge in [0.25, 0.3) is 5.92 Å². The number of rotatable bonds is 3. The average molecular weight is 371 g/mol. The molecule has 27 heavy (non-hydrogen) atoms. The lowest BCUT2D eigenvalue weighted by Gasteiger charge is -2.41. The van der Waals surface area contributed by atoms with Crippen molar-refractivity contribution < 1.29 is 13.6 Å². The van der Waals surface area contributed by atoms with E-state index >= 15 is 0 Å². The third-order valence-corrected chi connectivity index (χ3v) is 5.27. The largest absolute Gasteiger partial charge is 0.369 e. The van der Waals surface area contributed by atoms with Gasteiger partial charge in [-0.15, -0.1) is 0 Å². The SMILES string of the molecule is Cc1ccccc1[C@@]1(C)N=C(N)N(C)C(=O)[C@@H]1c1ccc(C(C)(F)F)cc1. The Morgan fingerprint density at radius 3 is 2.30 bits per heavy atom. The van der Waals surface area contributed by atoms with Crippen LogP contribution in [-0.2, 0) is 16.3 Å². The fraction of sp³-hybridized carbons (Fsp3) is 0.333. The Labute approximate surface area is 157 Å². The number of hydrogen-bond donors (Lipinski definition) is 1. The predicted octanol–water partition coefficient (Wildman–Crippen LogP) is 3.89. The number of amides is 1. The van der Waals surface area contributed by atoms with E-state index in [1.165, 1.54) is 17.0 Å². The molecule has 0 saturated carbocycles. The molecule has 0 radical (unpaired) electrons. The van der Waals surface area contributed by atoms with Gasteiger partial charge < -0.3 is 5.73 Å². The van der Waals surface area contributed by atoms with Crippen LogP contribution in [0.25, 0.3) is 0 Å². The first-order valence-electron chi connectivity index (χ1n) is 8.73. The summed E-state index contributed by atoms with van der Waals surface area (Å²) in [6, 6.07) is 13.6. The first kappa shape index (κ1) is 19.0. The number of halogens is 2. The zero-order valence-electron chi connectivity index (χ0n) is 15.8. The smallest absolute Gasteiger partial charge is 0.270 e. The van der Waals surface area contributed by atoms with E-state index in [0.29, 0.717) is 5.56 Å². The first-order chi connectivity index (χ1) is 12.6. The Morgan fingerprint density at radius 2 is 1.74 bits per heavy atom. The van der Waals surface area contributed by atoms with Crippen molar-refractivity contribution in [1.82, 2.24) is 4.90 Å². The van der Waals surface area contributed by atoms with E-state index in [1.54, 1.807) is 19.2 Å². The van der Waals surface area contributed by atoms with Gasteiger partial charge in [-0.05, 0) is 30.5 Å². The molecule has 2 aromatic carbocycles. The molecule has 0 aromatic heterocycles. The van der Waals surface area contributed by atoms with Crippen LogP contribution in [0.5, 0.6) is 0 Å². The lowest BCUT2D eigenvalue weighted by Crippen LogP contribution is -2.52. The minimum atomic E-state index is -2.94. The summed E-state index contributed by atoms with van der Waals surface area (Å²) in [6.07, 6.45) is 0. The number of guanidine groups is 1. The van der Waals surface area contributed by atoms with Crippen molar-refractivity contribution >= 4 is 11.9 Å². The average Bonchev–Trinajstić information content (AvgIpc) is 2.60. The Morgan fingerprint density at radius 1 is 1.15 bits per heavy atom. The Hall–Kier alpha value is -2.76. The van der Waals surface area contributed by atoms with Gasteiger partial charge in [0.2, 0.25) is 5.91 Å². The van der Waals surface area contributed by atoms with Crippen molar-refractivity contribution in [3.8, 4) is 0 Å². The molecule has 0 fully saturated rings. The summed E-state index contributed by atoms with van der Waals surface area (Å²) in [4.78, 5) is 19.1. The van der Waals surface area contributed by atoms with Crippen molar-refractivity contribution in [3.05, 3.63) is 70.8 Å². The molecule has 0 unspecified atom stereocenters. The summed E-state index contributed by atoms with van der Waals surface area (Å²) < 4.78 is 27.1. The van der Waals surface area contributed by atoms with Crippen LogP contribution < -0.4 is 5.73 Å². The molecule has 1 amide bonds. The van der Waals surface area contributed by atoms with Crippen molar-refractivity contribution in [2.75, 3.05) is 7.05 Å². The van der Waals surface area contributed by atoms with Crippen LogP contribution in [0.1, 0.15) is 42.0 Å². The van der Waals surface area contributed by atoms with Crippen LogP contribution in [0, 0.1) is 6.92 Å². The lowest BCUT2D eigenvalue weighted by molar-refractivity contribution is -0.130. The van der Waals surface area contributed by atoms with Crippen LogP contribution >= 0.6 is 0 Å². The van der Waals surface area contributed by atoms with E-state index in [9.17, 15) is 13.6 Å². The minimum Gasteiger partial charge on any atom is -0.369 e. The summed E-state index contributed by atoms with van der Waals surface area (Å²) in [5.41, 5.74) is 7.47. The topological polar surface area (TPSA) is 58.7 Å². The normalized spacial score (nSPS) is 23.3. The van der Waals surface area contributed by atoms with Gasteiger partial charge in [0.1, 0.15) is 5.54 Å². The zero-order valence-corrected chi connectivity index (χ0v) is 15.8. The molecule has 0 bridgehead atoms. The molecule has 2 atom stereocenters. The van der Waals surface area contributed by atoms with Gasteiger partial charge in [0.15, 0.2) is 5.96 Å². The van der Waals surface area contributed by atoms with Crippen molar-refractivity contribution in [2.45, 2.75) is 38.2 Å². The zero-order chi connectivity index (χ0) is 20.0. The number of nitrogens with two attached hydrogens (primary N) is 1. The quantitative estimate of drug-likeness (QED) is 0.890. The Kier molecular flexibility index (Phi) is 4.54. The molecule has 1 aliphatic heterocycles. The van der Waals surface area contributed by atoms with Gasteiger partial charge in [0.05, 0.1) is 5.92 Å². The van der Waals surface area contributed by atoms with Crippen molar-refractivity contribution in [1.29, 1.82) is 0 Å². The second-order valence-electron chi connectivity index (χ2n) is 7.27. The van der Waals surface area contributed by atoms with E-state index in [0.717, 1.165) is 18.1 Å². The molecule has 142 valence electrons. The van der Waals surface area contributed by atoms with Gasteiger partial charge in [-0.1, -0.05) is 48.5 Å². The van der Waals surface area contributed by atoms with Crippen molar-refractivity contribution in [3.63, 3.8) is 0 Å². The molecular weight excluding hydrogens is 348 g/mol. The molecule has 2 aromatic rings. The number of alkyl halides is 2. The summed E-state index contributed by atoms with van der Waals surface area (Å²) >= 11 is 0. The maximum Gasteiger partial charge on any atom is 0.270 e. The fourth-order valence-corrected chi connectivity index (χ4v) is 3.72. The van der Waals surface area contributed by atoms with Crippen LogP contribution in [0.15, 0.2) is 53.5 Å². The highest BCUT2D eigenvalue weighted by Crippen LogP contribution is 2.45. The first-order valence-corrected chi connectivity index (χ1v) is 8.73. The molecule has 6 heteroatoms. The number of aryl methyl sites for hydroxylation is 1. The van der Waals surface area contributed by atoms with Crippen LogP contribution in [0.4, 0.5) is 8.78 Å². The highest BCUT2D eigenvalue weighted by molar-refractivity contribution is 6.02. The number of aliphatic imine (C=N–C) groups is 1. The second-order valence-corrected chi connectivity index (χ2v) is 7.27. The summed E-state index contributed by atoms with van der Waals surface area (Å²) in [5, 5.41) is 0. The molecule has 0 saturated heterocycles. The molecule has 1 heterocycles. The Balaban J connectivity index is 2.18. The molecular formula is C21H23F2N3O. The molecule has 3 rings (SSSR count). The van der Waals surface area contributed by atoms with E-state index in [-0.39, 0.29) is 17.4 Å². The monoisotopic (exact) mass is 371 g/mol. The third kappa shape index (κ3) is 3.20. The minimum absolute atomic E-state index is 0.0940. The van der Waals surface area contributed by atoms with E-state index in [1.807, 2.05) is 38.1 Å². The second kappa shape index (κ2) is 6.44. The summed E-state index contributed by atoms with van der Waals surface area (Å²) in [7, 11) is 1.57. The maximum atomic E-state index is 13.6. The number of hydrogen-bond acceptors (Lipinski definition) is 3. The summed E-state index contributed by atoms with van der Waals surface area (Å²) in [5.74, 6) is -3.69. The van der Waals surface area contributed by atoms with Gasteiger partial charge in [0, 0.05) is 19.5 Å². The van der Waals surface area contributed by atoms with Gasteiger partial charge >= 0.3 is 0 Å².